The second kappa shape index (κ2) is 6.53. The smallest absolute Gasteiger partial charge is 0.319 e. The number of carbonyl (C=O) groups is 2. The molecule has 2 aromatic rings. The zero-order valence-electron chi connectivity index (χ0n) is 13.9. The summed E-state index contributed by atoms with van der Waals surface area (Å²) in [6, 6.07) is 6.88. The second-order valence-electron chi connectivity index (χ2n) is 6.27. The van der Waals surface area contributed by atoms with Crippen LogP contribution in [0.1, 0.15) is 23.6 Å². The van der Waals surface area contributed by atoms with Crippen LogP contribution in [0.25, 0.3) is 0 Å². The molecule has 0 aromatic heterocycles. The molecule has 4 nitrogen and oxygen atoms in total. The Morgan fingerprint density at radius 2 is 1.74 bits per heavy atom. The third-order valence-corrected chi connectivity index (χ3v) is 4.68. The van der Waals surface area contributed by atoms with Gasteiger partial charge in [-0.05, 0) is 36.8 Å². The normalized spacial score (nSPS) is 20.1. The Kier molecular flexibility index (Phi) is 4.63. The van der Waals surface area contributed by atoms with Gasteiger partial charge in [-0.3, -0.25) is 9.69 Å². The summed E-state index contributed by atoms with van der Waals surface area (Å²) in [7, 11) is 0. The molecule has 1 aliphatic heterocycles. The Morgan fingerprint density at radius 3 is 2.30 bits per heavy atom. The zero-order chi connectivity index (χ0) is 20.0. The number of carbonyl (C=O) groups excluding carboxylic acids is 2. The maximum absolute atomic E-state index is 13.3. The molecule has 3 amide bonds. The van der Waals surface area contributed by atoms with Crippen LogP contribution in [0.4, 0.5) is 22.4 Å². The van der Waals surface area contributed by atoms with E-state index in [4.69, 9.17) is 11.6 Å². The van der Waals surface area contributed by atoms with Gasteiger partial charge >= 0.3 is 12.2 Å². The average Bonchev–Trinajstić information content (AvgIpc) is 2.78. The van der Waals surface area contributed by atoms with Crippen LogP contribution in [0.5, 0.6) is 0 Å². The van der Waals surface area contributed by atoms with Crippen LogP contribution in [0, 0.1) is 5.82 Å². The van der Waals surface area contributed by atoms with Gasteiger partial charge in [-0.1, -0.05) is 29.8 Å². The highest BCUT2D eigenvalue weighted by Crippen LogP contribution is 2.35. The lowest BCUT2D eigenvalue weighted by molar-refractivity contribution is -0.137. The third-order valence-electron chi connectivity index (χ3n) is 4.37. The Bertz CT molecular complexity index is 915. The number of halogens is 5. The van der Waals surface area contributed by atoms with Crippen molar-refractivity contribution in [2.24, 2.45) is 0 Å². The van der Waals surface area contributed by atoms with Crippen molar-refractivity contribution in [1.82, 2.24) is 10.2 Å². The van der Waals surface area contributed by atoms with Crippen molar-refractivity contribution in [1.29, 1.82) is 0 Å². The third kappa shape index (κ3) is 3.49. The van der Waals surface area contributed by atoms with E-state index >= 15 is 0 Å². The highest BCUT2D eigenvalue weighted by Gasteiger charge is 2.49. The van der Waals surface area contributed by atoms with Gasteiger partial charge in [-0.15, -0.1) is 0 Å². The lowest BCUT2D eigenvalue weighted by Crippen LogP contribution is -2.41. The van der Waals surface area contributed by atoms with Crippen LogP contribution in [0.15, 0.2) is 42.5 Å². The summed E-state index contributed by atoms with van der Waals surface area (Å²) in [5.41, 5.74) is -1.76. The molecule has 1 heterocycles. The number of nitrogens with one attached hydrogen (secondary N) is 1. The van der Waals surface area contributed by atoms with E-state index in [0.29, 0.717) is 5.56 Å². The van der Waals surface area contributed by atoms with E-state index in [1.807, 2.05) is 0 Å². The molecule has 9 heteroatoms. The van der Waals surface area contributed by atoms with Crippen molar-refractivity contribution in [2.75, 3.05) is 0 Å². The Morgan fingerprint density at radius 1 is 1.11 bits per heavy atom. The molecule has 1 fully saturated rings. The van der Waals surface area contributed by atoms with Crippen LogP contribution in [-0.2, 0) is 23.1 Å². The predicted octanol–water partition coefficient (Wildman–Crippen LogP) is 4.47. The lowest BCUT2D eigenvalue weighted by Gasteiger charge is -2.23. The maximum Gasteiger partial charge on any atom is 0.416 e. The fraction of sp³-hybridized carbons (Fsp3) is 0.222. The van der Waals surface area contributed by atoms with Crippen LogP contribution in [-0.4, -0.2) is 16.8 Å². The summed E-state index contributed by atoms with van der Waals surface area (Å²) < 4.78 is 51.2. The van der Waals surface area contributed by atoms with Crippen LogP contribution in [0.3, 0.4) is 0 Å². The fourth-order valence-corrected chi connectivity index (χ4v) is 3.26. The quantitative estimate of drug-likeness (QED) is 0.610. The highest BCUT2D eigenvalue weighted by atomic mass is 35.5. The van der Waals surface area contributed by atoms with Gasteiger partial charge in [0.05, 0.1) is 12.1 Å². The standard InChI is InChI=1S/C18H13ClF4N2O2/c1-17(13-7-6-12(20)8-14(13)19)15(26)25(16(27)24-17)9-10-2-4-11(5-3-10)18(21,22)23/h2-8H,9H2,1H3,(H,24,27). The van der Waals surface area contributed by atoms with Crippen molar-refractivity contribution in [3.05, 3.63) is 70.0 Å². The lowest BCUT2D eigenvalue weighted by atomic mass is 9.92. The van der Waals surface area contributed by atoms with Crippen molar-refractivity contribution < 1.29 is 27.2 Å². The monoisotopic (exact) mass is 400 g/mol. The van der Waals surface area contributed by atoms with E-state index in [9.17, 15) is 27.2 Å². The minimum atomic E-state index is -4.47. The Balaban J connectivity index is 1.86. The predicted molar refractivity (Wildman–Crippen MR) is 89.3 cm³/mol. The van der Waals surface area contributed by atoms with Gasteiger partial charge in [-0.2, -0.15) is 13.2 Å². The molecule has 0 saturated carbocycles. The summed E-state index contributed by atoms with van der Waals surface area (Å²) in [4.78, 5) is 26.0. The van der Waals surface area contributed by atoms with Crippen LogP contribution >= 0.6 is 11.6 Å². The first-order chi connectivity index (χ1) is 12.5. The van der Waals surface area contributed by atoms with Crippen molar-refractivity contribution >= 4 is 23.5 Å². The van der Waals surface area contributed by atoms with Crippen molar-refractivity contribution in [3.8, 4) is 0 Å². The van der Waals surface area contributed by atoms with Crippen LogP contribution in [0.2, 0.25) is 5.02 Å². The number of rotatable bonds is 3. The average molecular weight is 401 g/mol. The summed E-state index contributed by atoms with van der Waals surface area (Å²) in [5, 5.41) is 2.49. The number of hydrogen-bond acceptors (Lipinski definition) is 2. The van der Waals surface area contributed by atoms with Crippen molar-refractivity contribution in [2.45, 2.75) is 25.2 Å². The molecule has 0 radical (unpaired) electrons. The molecule has 27 heavy (non-hydrogen) atoms. The van der Waals surface area contributed by atoms with Gasteiger partial charge < -0.3 is 5.32 Å². The number of nitrogens with zero attached hydrogens (tertiary/aromatic N) is 1. The van der Waals surface area contributed by atoms with Gasteiger partial charge in [0.15, 0.2) is 0 Å². The summed E-state index contributed by atoms with van der Waals surface area (Å²) >= 11 is 6.01. The molecular weight excluding hydrogens is 388 g/mol. The summed E-state index contributed by atoms with van der Waals surface area (Å²) in [6.07, 6.45) is -4.47. The first-order valence-electron chi connectivity index (χ1n) is 7.78. The molecule has 1 N–H and O–H groups in total. The fourth-order valence-electron chi connectivity index (χ4n) is 2.90. The minimum Gasteiger partial charge on any atom is -0.319 e. The minimum absolute atomic E-state index is 0.0254. The summed E-state index contributed by atoms with van der Waals surface area (Å²) in [6.45, 7) is 1.22. The van der Waals surface area contributed by atoms with Crippen molar-refractivity contribution in [3.63, 3.8) is 0 Å². The molecule has 1 atom stereocenters. The van der Waals surface area contributed by atoms with Crippen LogP contribution < -0.4 is 5.32 Å². The van der Waals surface area contributed by atoms with Gasteiger partial charge in [0.2, 0.25) is 0 Å². The molecule has 0 bridgehead atoms. The molecule has 1 aliphatic rings. The molecule has 142 valence electrons. The molecule has 1 unspecified atom stereocenters. The molecule has 3 rings (SSSR count). The number of alkyl halides is 3. The first-order valence-corrected chi connectivity index (χ1v) is 8.16. The Hall–Kier alpha value is -2.61. The van der Waals surface area contributed by atoms with Gasteiger partial charge in [-0.25, -0.2) is 9.18 Å². The first kappa shape index (κ1) is 19.2. The Labute approximate surface area is 156 Å². The van der Waals surface area contributed by atoms with E-state index in [1.165, 1.54) is 25.1 Å². The summed E-state index contributed by atoms with van der Waals surface area (Å²) in [5.74, 6) is -1.23. The number of imide groups is 1. The maximum atomic E-state index is 13.3. The molecule has 0 spiro atoms. The SMILES string of the molecule is CC1(c2ccc(F)cc2Cl)NC(=O)N(Cc2ccc(C(F)(F)F)cc2)C1=O. The van der Waals surface area contributed by atoms with E-state index in [-0.39, 0.29) is 17.1 Å². The second-order valence-corrected chi connectivity index (χ2v) is 6.67. The number of benzene rings is 2. The zero-order valence-corrected chi connectivity index (χ0v) is 14.7. The molecule has 2 aromatic carbocycles. The van der Waals surface area contributed by atoms with E-state index in [1.54, 1.807) is 0 Å². The van der Waals surface area contributed by atoms with Gasteiger partial charge in [0, 0.05) is 10.6 Å². The van der Waals surface area contributed by atoms with Gasteiger partial charge in [0.1, 0.15) is 11.4 Å². The molecular formula is C18H13ClF4N2O2. The molecule has 0 aliphatic carbocycles. The highest BCUT2D eigenvalue weighted by molar-refractivity contribution is 6.32. The number of hydrogen-bond donors (Lipinski definition) is 1. The van der Waals surface area contributed by atoms with Gasteiger partial charge in [0.25, 0.3) is 5.91 Å². The van der Waals surface area contributed by atoms with E-state index < -0.39 is 35.0 Å². The largest absolute Gasteiger partial charge is 0.416 e. The molecule has 1 saturated heterocycles. The number of urea groups is 1. The van der Waals surface area contributed by atoms with E-state index in [2.05, 4.69) is 5.32 Å². The topological polar surface area (TPSA) is 49.4 Å². The number of amides is 3. The van der Waals surface area contributed by atoms with E-state index in [0.717, 1.165) is 29.2 Å².